The summed E-state index contributed by atoms with van der Waals surface area (Å²) < 4.78 is 10.4. The van der Waals surface area contributed by atoms with Gasteiger partial charge in [0.1, 0.15) is 11.5 Å². The van der Waals surface area contributed by atoms with Gasteiger partial charge in [0.25, 0.3) is 5.91 Å². The molecule has 0 saturated carbocycles. The number of rotatable bonds is 6. The summed E-state index contributed by atoms with van der Waals surface area (Å²) in [4.78, 5) is 11.7. The Balaban J connectivity index is 2.45. The molecule has 0 spiro atoms. The van der Waals surface area contributed by atoms with E-state index in [2.05, 4.69) is 5.32 Å². The fraction of sp³-hybridized carbons (Fsp3) is 0.500. The summed E-state index contributed by atoms with van der Waals surface area (Å²) in [7, 11) is 1.58. The second kappa shape index (κ2) is 6.43. The Morgan fingerprint density at radius 2 is 1.84 bits per heavy atom. The topological polar surface area (TPSA) is 67.8 Å². The lowest BCUT2D eigenvalue weighted by Gasteiger charge is -2.29. The van der Waals surface area contributed by atoms with Crippen LogP contribution in [0.4, 0.5) is 0 Å². The number of carbonyl (C=O) groups is 1. The summed E-state index contributed by atoms with van der Waals surface area (Å²) in [6.07, 6.45) is -0.641. The second-order valence-corrected chi connectivity index (χ2v) is 4.91. The smallest absolute Gasteiger partial charge is 0.258 e. The van der Waals surface area contributed by atoms with Crippen LogP contribution in [0, 0.1) is 0 Å². The summed E-state index contributed by atoms with van der Waals surface area (Å²) in [6.45, 7) is 5.04. The molecule has 1 atom stereocenters. The highest BCUT2D eigenvalue weighted by molar-refractivity contribution is 5.78. The molecule has 0 saturated heterocycles. The maximum atomic E-state index is 11.7. The van der Waals surface area contributed by atoms with Crippen LogP contribution in [0.15, 0.2) is 24.3 Å². The van der Waals surface area contributed by atoms with Crippen molar-refractivity contribution in [1.29, 1.82) is 0 Å². The number of amides is 1. The van der Waals surface area contributed by atoms with Crippen LogP contribution in [-0.2, 0) is 4.79 Å². The third kappa shape index (κ3) is 4.79. The summed E-state index contributed by atoms with van der Waals surface area (Å²) >= 11 is 0. The van der Waals surface area contributed by atoms with Gasteiger partial charge < -0.3 is 19.9 Å². The Morgan fingerprint density at radius 3 is 2.32 bits per heavy atom. The first-order valence-electron chi connectivity index (χ1n) is 6.11. The summed E-state index contributed by atoms with van der Waals surface area (Å²) in [5.74, 6) is 1.04. The first-order chi connectivity index (χ1) is 8.85. The van der Waals surface area contributed by atoms with E-state index in [0.29, 0.717) is 5.75 Å². The largest absolute Gasteiger partial charge is 0.497 e. The molecule has 0 aliphatic heterocycles. The average Bonchev–Trinajstić information content (AvgIpc) is 2.36. The molecule has 1 rings (SSSR count). The number of aliphatic hydroxyl groups excluding tert-OH is 1. The molecular formula is C14H21NO4. The SMILES string of the molecule is COc1ccc(OCC(=O)NC(C)(C)C(C)O)cc1. The Labute approximate surface area is 113 Å². The summed E-state index contributed by atoms with van der Waals surface area (Å²) in [6, 6.07) is 6.97. The molecule has 2 N–H and O–H groups in total. The molecule has 0 aromatic heterocycles. The van der Waals surface area contributed by atoms with E-state index in [4.69, 9.17) is 9.47 Å². The number of carbonyl (C=O) groups excluding carboxylic acids is 1. The zero-order valence-corrected chi connectivity index (χ0v) is 11.8. The number of hydrogen-bond donors (Lipinski definition) is 2. The molecule has 5 heteroatoms. The summed E-state index contributed by atoms with van der Waals surface area (Å²) in [5, 5.41) is 12.2. The van der Waals surface area contributed by atoms with E-state index in [9.17, 15) is 9.90 Å². The standard InChI is InChI=1S/C14H21NO4/c1-10(16)14(2,3)15-13(17)9-19-12-7-5-11(18-4)6-8-12/h5-8,10,16H,9H2,1-4H3,(H,15,17). The van der Waals surface area contributed by atoms with E-state index in [1.54, 1.807) is 52.1 Å². The van der Waals surface area contributed by atoms with Gasteiger partial charge in [-0.3, -0.25) is 4.79 Å². The van der Waals surface area contributed by atoms with Crippen LogP contribution >= 0.6 is 0 Å². The Bertz CT molecular complexity index is 412. The van der Waals surface area contributed by atoms with Crippen molar-refractivity contribution in [3.05, 3.63) is 24.3 Å². The lowest BCUT2D eigenvalue weighted by atomic mass is 9.99. The lowest BCUT2D eigenvalue weighted by molar-refractivity contribution is -0.126. The third-order valence-corrected chi connectivity index (χ3v) is 2.94. The summed E-state index contributed by atoms with van der Waals surface area (Å²) in [5.41, 5.74) is -0.680. The van der Waals surface area contributed by atoms with E-state index >= 15 is 0 Å². The van der Waals surface area contributed by atoms with Gasteiger partial charge in [-0.15, -0.1) is 0 Å². The van der Waals surface area contributed by atoms with Crippen LogP contribution in [-0.4, -0.2) is 36.4 Å². The van der Waals surface area contributed by atoms with Crippen LogP contribution < -0.4 is 14.8 Å². The first kappa shape index (κ1) is 15.3. The predicted octanol–water partition coefficient (Wildman–Crippen LogP) is 1.35. The van der Waals surface area contributed by atoms with E-state index in [0.717, 1.165) is 5.75 Å². The van der Waals surface area contributed by atoms with Crippen molar-refractivity contribution in [2.24, 2.45) is 0 Å². The maximum Gasteiger partial charge on any atom is 0.258 e. The van der Waals surface area contributed by atoms with Gasteiger partial charge in [0.05, 0.1) is 18.8 Å². The van der Waals surface area contributed by atoms with Gasteiger partial charge in [-0.05, 0) is 45.0 Å². The Kier molecular flexibility index (Phi) is 5.18. The van der Waals surface area contributed by atoms with Crippen LogP contribution in [0.1, 0.15) is 20.8 Å². The van der Waals surface area contributed by atoms with Crippen LogP contribution in [0.5, 0.6) is 11.5 Å². The van der Waals surface area contributed by atoms with Crippen molar-refractivity contribution in [2.75, 3.05) is 13.7 Å². The van der Waals surface area contributed by atoms with Gasteiger partial charge in [0.2, 0.25) is 0 Å². The average molecular weight is 267 g/mol. The molecular weight excluding hydrogens is 246 g/mol. The molecule has 0 bridgehead atoms. The zero-order valence-electron chi connectivity index (χ0n) is 11.8. The minimum Gasteiger partial charge on any atom is -0.497 e. The predicted molar refractivity (Wildman–Crippen MR) is 72.4 cm³/mol. The highest BCUT2D eigenvalue weighted by atomic mass is 16.5. The van der Waals surface area contributed by atoms with E-state index in [1.807, 2.05) is 0 Å². The van der Waals surface area contributed by atoms with E-state index in [1.165, 1.54) is 0 Å². The molecule has 5 nitrogen and oxygen atoms in total. The number of methoxy groups -OCH3 is 1. The van der Waals surface area contributed by atoms with Gasteiger partial charge in [-0.1, -0.05) is 0 Å². The number of ether oxygens (including phenoxy) is 2. The molecule has 0 aliphatic carbocycles. The van der Waals surface area contributed by atoms with Crippen molar-refractivity contribution in [3.63, 3.8) is 0 Å². The maximum absolute atomic E-state index is 11.7. The third-order valence-electron chi connectivity index (χ3n) is 2.94. The Hall–Kier alpha value is -1.75. The van der Waals surface area contributed by atoms with Crippen molar-refractivity contribution in [1.82, 2.24) is 5.32 Å². The van der Waals surface area contributed by atoms with Gasteiger partial charge in [-0.25, -0.2) is 0 Å². The number of nitrogens with one attached hydrogen (secondary N) is 1. The van der Waals surface area contributed by atoms with Crippen molar-refractivity contribution >= 4 is 5.91 Å². The molecule has 0 heterocycles. The molecule has 0 aliphatic rings. The molecule has 19 heavy (non-hydrogen) atoms. The van der Waals surface area contributed by atoms with Crippen LogP contribution in [0.3, 0.4) is 0 Å². The number of benzene rings is 1. The normalized spacial score (nSPS) is 12.7. The molecule has 0 fully saturated rings. The van der Waals surface area contributed by atoms with Crippen molar-refractivity contribution in [3.8, 4) is 11.5 Å². The van der Waals surface area contributed by atoms with Gasteiger partial charge in [-0.2, -0.15) is 0 Å². The fourth-order valence-electron chi connectivity index (χ4n) is 1.32. The molecule has 1 aromatic rings. The highest BCUT2D eigenvalue weighted by Gasteiger charge is 2.25. The quantitative estimate of drug-likeness (QED) is 0.816. The Morgan fingerprint density at radius 1 is 1.32 bits per heavy atom. The van der Waals surface area contributed by atoms with Gasteiger partial charge in [0.15, 0.2) is 6.61 Å². The van der Waals surface area contributed by atoms with E-state index in [-0.39, 0.29) is 12.5 Å². The molecule has 1 unspecified atom stereocenters. The first-order valence-corrected chi connectivity index (χ1v) is 6.11. The number of aliphatic hydroxyl groups is 1. The molecule has 1 amide bonds. The molecule has 106 valence electrons. The van der Waals surface area contributed by atoms with Crippen molar-refractivity contribution < 1.29 is 19.4 Å². The lowest BCUT2D eigenvalue weighted by Crippen LogP contribution is -2.52. The van der Waals surface area contributed by atoms with E-state index < -0.39 is 11.6 Å². The zero-order chi connectivity index (χ0) is 14.5. The fourth-order valence-corrected chi connectivity index (χ4v) is 1.32. The van der Waals surface area contributed by atoms with Crippen molar-refractivity contribution in [2.45, 2.75) is 32.4 Å². The van der Waals surface area contributed by atoms with Crippen LogP contribution in [0.25, 0.3) is 0 Å². The minimum atomic E-state index is -0.680. The molecule has 1 aromatic carbocycles. The highest BCUT2D eigenvalue weighted by Crippen LogP contribution is 2.17. The monoisotopic (exact) mass is 267 g/mol. The number of hydrogen-bond acceptors (Lipinski definition) is 4. The second-order valence-electron chi connectivity index (χ2n) is 4.91. The van der Waals surface area contributed by atoms with Gasteiger partial charge in [0, 0.05) is 0 Å². The van der Waals surface area contributed by atoms with Gasteiger partial charge >= 0.3 is 0 Å². The van der Waals surface area contributed by atoms with Crippen LogP contribution in [0.2, 0.25) is 0 Å². The molecule has 0 radical (unpaired) electrons. The minimum absolute atomic E-state index is 0.0948.